The quantitative estimate of drug-likeness (QED) is 0.661. The molecule has 3 rings (SSSR count). The van der Waals surface area contributed by atoms with Gasteiger partial charge >= 0.3 is 0 Å². The van der Waals surface area contributed by atoms with Gasteiger partial charge in [-0.15, -0.1) is 0 Å². The first-order valence-electron chi connectivity index (χ1n) is 9.21. The Morgan fingerprint density at radius 1 is 1.24 bits per heavy atom. The molecule has 1 heterocycles. The van der Waals surface area contributed by atoms with Crippen molar-refractivity contribution in [3.63, 3.8) is 0 Å². The zero-order chi connectivity index (χ0) is 20.9. The van der Waals surface area contributed by atoms with Gasteiger partial charge in [0, 0.05) is 30.3 Å². The minimum atomic E-state index is -3.91. The highest BCUT2D eigenvalue weighted by Crippen LogP contribution is 2.25. The number of hydrogen-bond acceptors (Lipinski definition) is 5. The lowest BCUT2D eigenvalue weighted by Gasteiger charge is -2.14. The lowest BCUT2D eigenvalue weighted by Crippen LogP contribution is -2.32. The summed E-state index contributed by atoms with van der Waals surface area (Å²) in [7, 11) is -2.53. The maximum Gasteiger partial charge on any atom is 0.251 e. The summed E-state index contributed by atoms with van der Waals surface area (Å²) in [5.74, 6) is -0.207. The van der Waals surface area contributed by atoms with E-state index in [1.54, 1.807) is 24.3 Å². The number of ether oxygens (including phenoxy) is 2. The first-order chi connectivity index (χ1) is 13.9. The highest BCUT2D eigenvalue weighted by Gasteiger charge is 2.22. The smallest absolute Gasteiger partial charge is 0.251 e. The maximum atomic E-state index is 12.8. The van der Waals surface area contributed by atoms with E-state index < -0.39 is 10.0 Å². The molecule has 9 heteroatoms. The molecule has 0 bridgehead atoms. The summed E-state index contributed by atoms with van der Waals surface area (Å²) < 4.78 is 38.8. The van der Waals surface area contributed by atoms with E-state index >= 15 is 0 Å². The van der Waals surface area contributed by atoms with Crippen LogP contribution in [0.3, 0.4) is 0 Å². The minimum Gasteiger partial charge on any atom is -0.495 e. The molecule has 0 radical (unpaired) electrons. The third-order valence-corrected chi connectivity index (χ3v) is 6.28. The zero-order valence-corrected chi connectivity index (χ0v) is 17.6. The van der Waals surface area contributed by atoms with Gasteiger partial charge in [-0.05, 0) is 48.7 Å². The van der Waals surface area contributed by atoms with Gasteiger partial charge in [0.15, 0.2) is 0 Å². The Balaban J connectivity index is 1.74. The molecule has 0 spiro atoms. The summed E-state index contributed by atoms with van der Waals surface area (Å²) in [5, 5.41) is 3.36. The van der Waals surface area contributed by atoms with E-state index in [0.29, 0.717) is 18.2 Å². The van der Waals surface area contributed by atoms with Crippen molar-refractivity contribution in [1.82, 2.24) is 10.0 Å². The van der Waals surface area contributed by atoms with Crippen molar-refractivity contribution in [2.75, 3.05) is 20.3 Å². The van der Waals surface area contributed by atoms with E-state index in [4.69, 9.17) is 21.1 Å². The topological polar surface area (TPSA) is 93.7 Å². The van der Waals surface area contributed by atoms with Gasteiger partial charge in [0.25, 0.3) is 5.91 Å². The van der Waals surface area contributed by atoms with Crippen LogP contribution in [0.4, 0.5) is 0 Å². The molecule has 7 nitrogen and oxygen atoms in total. The van der Waals surface area contributed by atoms with Crippen LogP contribution in [0.5, 0.6) is 5.75 Å². The van der Waals surface area contributed by atoms with Crippen LogP contribution in [0, 0.1) is 0 Å². The number of carbonyl (C=O) groups excluding carboxylic acids is 1. The van der Waals surface area contributed by atoms with Crippen LogP contribution in [-0.4, -0.2) is 40.7 Å². The summed E-state index contributed by atoms with van der Waals surface area (Å²) in [6.45, 7) is 1.17. The Hall–Kier alpha value is -2.13. The van der Waals surface area contributed by atoms with E-state index in [-0.39, 0.29) is 34.8 Å². The van der Waals surface area contributed by atoms with Gasteiger partial charge in [-0.2, -0.15) is 0 Å². The lowest BCUT2D eigenvalue weighted by molar-refractivity contribution is 0.0857. The molecule has 1 atom stereocenters. The molecular formula is C20H23ClN2O5S. The average molecular weight is 439 g/mol. The fourth-order valence-electron chi connectivity index (χ4n) is 3.00. The van der Waals surface area contributed by atoms with E-state index in [9.17, 15) is 13.2 Å². The van der Waals surface area contributed by atoms with Crippen LogP contribution in [0.2, 0.25) is 5.02 Å². The number of hydrogen-bond donors (Lipinski definition) is 2. The van der Waals surface area contributed by atoms with Crippen molar-refractivity contribution >= 4 is 27.5 Å². The van der Waals surface area contributed by atoms with Crippen LogP contribution in [0.1, 0.15) is 28.8 Å². The Morgan fingerprint density at radius 2 is 2.00 bits per heavy atom. The SMILES string of the molecule is COc1ccc(C(=O)NC[C@@H]2CCCO2)cc1S(=O)(=O)NCc1ccc(Cl)cc1. The largest absolute Gasteiger partial charge is 0.495 e. The number of nitrogens with one attached hydrogen (secondary N) is 2. The second-order valence-corrected chi connectivity index (χ2v) is 8.83. The molecule has 2 aromatic rings. The predicted octanol–water partition coefficient (Wildman–Crippen LogP) is 2.74. The number of rotatable bonds is 8. The summed E-state index contributed by atoms with van der Waals surface area (Å²) in [6.07, 6.45) is 1.88. The molecule has 156 valence electrons. The summed E-state index contributed by atoms with van der Waals surface area (Å²) in [6, 6.07) is 11.2. The van der Waals surface area contributed by atoms with Gasteiger partial charge < -0.3 is 14.8 Å². The number of methoxy groups -OCH3 is 1. The predicted molar refractivity (Wildman–Crippen MR) is 110 cm³/mol. The second kappa shape index (κ2) is 9.58. The van der Waals surface area contributed by atoms with Gasteiger partial charge in [0.2, 0.25) is 10.0 Å². The van der Waals surface area contributed by atoms with E-state index in [2.05, 4.69) is 10.0 Å². The standard InChI is InChI=1S/C20H23ClN2O5S/c1-27-18-9-6-15(20(24)22-13-17-3-2-10-28-17)11-19(18)29(25,26)23-12-14-4-7-16(21)8-5-14/h4-9,11,17,23H,2-3,10,12-13H2,1H3,(H,22,24)/t17-/m0/s1. The Labute approximate surface area is 175 Å². The molecule has 2 aromatic carbocycles. The first-order valence-corrected chi connectivity index (χ1v) is 11.1. The number of sulfonamides is 1. The molecule has 0 unspecified atom stereocenters. The minimum absolute atomic E-state index is 0.00134. The van der Waals surface area contributed by atoms with Gasteiger partial charge in [-0.1, -0.05) is 23.7 Å². The third-order valence-electron chi connectivity index (χ3n) is 4.61. The summed E-state index contributed by atoms with van der Waals surface area (Å²) in [5.41, 5.74) is 0.984. The zero-order valence-electron chi connectivity index (χ0n) is 16.0. The second-order valence-electron chi connectivity index (χ2n) is 6.66. The van der Waals surface area contributed by atoms with Crippen LogP contribution in [0.25, 0.3) is 0 Å². The van der Waals surface area contributed by atoms with Crippen LogP contribution >= 0.6 is 11.6 Å². The van der Waals surface area contributed by atoms with Crippen molar-refractivity contribution in [3.05, 3.63) is 58.6 Å². The Bertz CT molecular complexity index is 957. The number of amides is 1. The number of halogens is 1. The van der Waals surface area contributed by atoms with Crippen LogP contribution in [0.15, 0.2) is 47.4 Å². The van der Waals surface area contributed by atoms with Gasteiger partial charge in [-0.25, -0.2) is 13.1 Å². The average Bonchev–Trinajstić information content (AvgIpc) is 3.25. The maximum absolute atomic E-state index is 12.8. The lowest BCUT2D eigenvalue weighted by atomic mass is 10.2. The fraction of sp³-hybridized carbons (Fsp3) is 0.350. The first kappa shape index (κ1) is 21.6. The molecule has 1 saturated heterocycles. The molecular weight excluding hydrogens is 416 g/mol. The van der Waals surface area contributed by atoms with Crippen LogP contribution in [-0.2, 0) is 21.3 Å². The monoisotopic (exact) mass is 438 g/mol. The third kappa shape index (κ3) is 5.70. The summed E-state index contributed by atoms with van der Waals surface area (Å²) >= 11 is 5.85. The van der Waals surface area contributed by atoms with Crippen molar-refractivity contribution in [2.24, 2.45) is 0 Å². The van der Waals surface area contributed by atoms with Gasteiger partial charge in [0.1, 0.15) is 10.6 Å². The van der Waals surface area contributed by atoms with Gasteiger partial charge in [-0.3, -0.25) is 4.79 Å². The molecule has 1 aliphatic rings. The molecule has 1 amide bonds. The number of carbonyl (C=O) groups is 1. The fourth-order valence-corrected chi connectivity index (χ4v) is 4.34. The Kier molecular flexibility index (Phi) is 7.13. The molecule has 2 N–H and O–H groups in total. The highest BCUT2D eigenvalue weighted by atomic mass is 35.5. The summed E-state index contributed by atoms with van der Waals surface area (Å²) in [4.78, 5) is 12.4. The Morgan fingerprint density at radius 3 is 2.66 bits per heavy atom. The normalized spacial score (nSPS) is 16.6. The highest BCUT2D eigenvalue weighted by molar-refractivity contribution is 7.89. The molecule has 0 aliphatic carbocycles. The van der Waals surface area contributed by atoms with E-state index in [1.807, 2.05) is 0 Å². The van der Waals surface area contributed by atoms with E-state index in [1.165, 1.54) is 25.3 Å². The van der Waals surface area contributed by atoms with Crippen LogP contribution < -0.4 is 14.8 Å². The van der Waals surface area contributed by atoms with E-state index in [0.717, 1.165) is 18.4 Å². The van der Waals surface area contributed by atoms with Crippen molar-refractivity contribution < 1.29 is 22.7 Å². The van der Waals surface area contributed by atoms with Crippen molar-refractivity contribution in [3.8, 4) is 5.75 Å². The van der Waals surface area contributed by atoms with Crippen molar-refractivity contribution in [1.29, 1.82) is 0 Å². The van der Waals surface area contributed by atoms with Gasteiger partial charge in [0.05, 0.1) is 13.2 Å². The molecule has 29 heavy (non-hydrogen) atoms. The molecule has 0 saturated carbocycles. The molecule has 1 fully saturated rings. The molecule has 1 aliphatic heterocycles. The molecule has 0 aromatic heterocycles. The van der Waals surface area contributed by atoms with Crippen molar-refractivity contribution in [2.45, 2.75) is 30.4 Å². The number of benzene rings is 2.